The van der Waals surface area contributed by atoms with Gasteiger partial charge in [0.25, 0.3) is 0 Å². The van der Waals surface area contributed by atoms with Crippen LogP contribution >= 0.6 is 0 Å². The van der Waals surface area contributed by atoms with Crippen molar-refractivity contribution in [1.82, 2.24) is 14.7 Å². The standard InChI is InChI=1S/C13H23N5/c1-5-12-16(4)11(3)17(9-7-14)13(6-2)18(12)10-8-15/h11-13H,5-6,9-10H2,1-4H3. The van der Waals surface area contributed by atoms with Crippen molar-refractivity contribution < 1.29 is 0 Å². The molecule has 3 unspecified atom stereocenters. The molecule has 0 aromatic rings. The van der Waals surface area contributed by atoms with Gasteiger partial charge in [-0.2, -0.15) is 10.5 Å². The first-order valence-electron chi connectivity index (χ1n) is 6.59. The molecular formula is C13H23N5. The molecule has 1 aliphatic rings. The lowest BCUT2D eigenvalue weighted by Crippen LogP contribution is -2.68. The first-order valence-corrected chi connectivity index (χ1v) is 6.59. The molecule has 5 heteroatoms. The largest absolute Gasteiger partial charge is 0.275 e. The van der Waals surface area contributed by atoms with Crippen molar-refractivity contribution in [2.45, 2.75) is 52.1 Å². The molecule has 0 N–H and O–H groups in total. The molecule has 0 aromatic carbocycles. The lowest BCUT2D eigenvalue weighted by Gasteiger charge is -2.54. The molecule has 1 fully saturated rings. The zero-order valence-corrected chi connectivity index (χ0v) is 11.8. The van der Waals surface area contributed by atoms with Gasteiger partial charge in [-0.25, -0.2) is 0 Å². The molecule has 0 saturated carbocycles. The smallest absolute Gasteiger partial charge is 0.0891 e. The van der Waals surface area contributed by atoms with E-state index in [2.05, 4.69) is 54.7 Å². The highest BCUT2D eigenvalue weighted by atomic mass is 15.6. The minimum Gasteiger partial charge on any atom is -0.275 e. The minimum absolute atomic E-state index is 0.181. The predicted octanol–water partition coefficient (Wildman–Crippen LogP) is 1.40. The molecule has 0 aliphatic carbocycles. The van der Waals surface area contributed by atoms with Gasteiger partial charge in [0.2, 0.25) is 0 Å². The molecule has 100 valence electrons. The molecular weight excluding hydrogens is 226 g/mol. The summed E-state index contributed by atoms with van der Waals surface area (Å²) >= 11 is 0. The fraction of sp³-hybridized carbons (Fsp3) is 0.846. The number of nitriles is 2. The van der Waals surface area contributed by atoms with Crippen molar-refractivity contribution in [3.8, 4) is 12.1 Å². The van der Waals surface area contributed by atoms with Crippen LogP contribution in [0, 0.1) is 22.7 Å². The average molecular weight is 249 g/mol. The third-order valence-corrected chi connectivity index (χ3v) is 3.92. The third-order valence-electron chi connectivity index (χ3n) is 3.92. The normalized spacial score (nSPS) is 30.9. The molecule has 0 spiro atoms. The van der Waals surface area contributed by atoms with Gasteiger partial charge < -0.3 is 0 Å². The van der Waals surface area contributed by atoms with E-state index in [0.29, 0.717) is 13.1 Å². The van der Waals surface area contributed by atoms with Crippen LogP contribution in [0.4, 0.5) is 0 Å². The molecule has 1 heterocycles. The second-order valence-electron chi connectivity index (χ2n) is 4.74. The molecule has 1 rings (SSSR count). The maximum absolute atomic E-state index is 9.02. The monoisotopic (exact) mass is 249 g/mol. The van der Waals surface area contributed by atoms with E-state index in [-0.39, 0.29) is 18.5 Å². The summed E-state index contributed by atoms with van der Waals surface area (Å²) in [5.74, 6) is 0. The van der Waals surface area contributed by atoms with E-state index in [1.54, 1.807) is 0 Å². The van der Waals surface area contributed by atoms with Gasteiger partial charge in [0.15, 0.2) is 0 Å². The van der Waals surface area contributed by atoms with Gasteiger partial charge in [0.05, 0.1) is 43.7 Å². The Kier molecular flexibility index (Phi) is 5.55. The summed E-state index contributed by atoms with van der Waals surface area (Å²) in [5, 5.41) is 18.0. The Bertz CT molecular complexity index is 342. The summed E-state index contributed by atoms with van der Waals surface area (Å²) in [6, 6.07) is 4.49. The molecule has 0 aromatic heterocycles. The van der Waals surface area contributed by atoms with Crippen LogP contribution in [0.5, 0.6) is 0 Å². The number of nitrogens with zero attached hydrogens (tertiary/aromatic N) is 5. The van der Waals surface area contributed by atoms with Crippen molar-refractivity contribution in [1.29, 1.82) is 10.5 Å². The summed E-state index contributed by atoms with van der Waals surface area (Å²) in [6.07, 6.45) is 2.60. The number of hydrogen-bond donors (Lipinski definition) is 0. The highest BCUT2D eigenvalue weighted by Gasteiger charge is 2.40. The Labute approximate surface area is 110 Å². The highest BCUT2D eigenvalue weighted by Crippen LogP contribution is 2.27. The Morgan fingerprint density at radius 1 is 0.944 bits per heavy atom. The molecule has 0 bridgehead atoms. The van der Waals surface area contributed by atoms with Gasteiger partial charge in [-0.05, 0) is 26.8 Å². The fourth-order valence-corrected chi connectivity index (χ4v) is 2.96. The van der Waals surface area contributed by atoms with Crippen LogP contribution in [0.3, 0.4) is 0 Å². The highest BCUT2D eigenvalue weighted by molar-refractivity contribution is 4.94. The van der Waals surface area contributed by atoms with Gasteiger partial charge in [0, 0.05) is 0 Å². The zero-order valence-electron chi connectivity index (χ0n) is 11.8. The van der Waals surface area contributed by atoms with E-state index in [1.165, 1.54) is 0 Å². The lowest BCUT2D eigenvalue weighted by atomic mass is 10.1. The van der Waals surface area contributed by atoms with E-state index in [9.17, 15) is 0 Å². The summed E-state index contributed by atoms with van der Waals surface area (Å²) in [5.41, 5.74) is 0. The molecule has 3 atom stereocenters. The van der Waals surface area contributed by atoms with Gasteiger partial charge in [-0.15, -0.1) is 0 Å². The lowest BCUT2D eigenvalue weighted by molar-refractivity contribution is -0.150. The second kappa shape index (κ2) is 6.70. The Hall–Kier alpha value is -1.14. The molecule has 5 nitrogen and oxygen atoms in total. The number of rotatable bonds is 4. The van der Waals surface area contributed by atoms with Gasteiger partial charge in [-0.3, -0.25) is 14.7 Å². The molecule has 1 saturated heterocycles. The summed E-state index contributed by atoms with van der Waals surface area (Å²) < 4.78 is 0. The first-order chi connectivity index (χ1) is 8.62. The number of hydrogen-bond acceptors (Lipinski definition) is 5. The van der Waals surface area contributed by atoms with E-state index >= 15 is 0 Å². The molecule has 18 heavy (non-hydrogen) atoms. The Balaban J connectivity index is 3.03. The summed E-state index contributed by atoms with van der Waals surface area (Å²) in [6.45, 7) is 7.21. The van der Waals surface area contributed by atoms with Crippen LogP contribution in [0.25, 0.3) is 0 Å². The maximum atomic E-state index is 9.02. The predicted molar refractivity (Wildman–Crippen MR) is 70.0 cm³/mol. The van der Waals surface area contributed by atoms with Crippen LogP contribution in [-0.2, 0) is 0 Å². The van der Waals surface area contributed by atoms with Gasteiger partial charge in [0.1, 0.15) is 0 Å². The topological polar surface area (TPSA) is 57.3 Å². The minimum atomic E-state index is 0.181. The molecule has 1 aliphatic heterocycles. The van der Waals surface area contributed by atoms with E-state index < -0.39 is 0 Å². The van der Waals surface area contributed by atoms with E-state index in [4.69, 9.17) is 10.5 Å². The quantitative estimate of drug-likeness (QED) is 0.705. The van der Waals surface area contributed by atoms with Crippen LogP contribution < -0.4 is 0 Å². The summed E-state index contributed by atoms with van der Waals surface area (Å²) in [7, 11) is 2.07. The van der Waals surface area contributed by atoms with Gasteiger partial charge >= 0.3 is 0 Å². The zero-order chi connectivity index (χ0) is 13.7. The van der Waals surface area contributed by atoms with Crippen LogP contribution in [-0.4, -0.2) is 53.3 Å². The molecule has 0 amide bonds. The van der Waals surface area contributed by atoms with E-state index in [0.717, 1.165) is 12.8 Å². The van der Waals surface area contributed by atoms with Crippen molar-refractivity contribution in [3.63, 3.8) is 0 Å². The van der Waals surface area contributed by atoms with Crippen molar-refractivity contribution in [2.75, 3.05) is 20.1 Å². The van der Waals surface area contributed by atoms with Gasteiger partial charge in [-0.1, -0.05) is 13.8 Å². The Morgan fingerprint density at radius 3 is 1.89 bits per heavy atom. The van der Waals surface area contributed by atoms with E-state index in [1.807, 2.05) is 0 Å². The maximum Gasteiger partial charge on any atom is 0.0891 e. The van der Waals surface area contributed by atoms with Crippen LogP contribution in [0.2, 0.25) is 0 Å². The molecule has 0 radical (unpaired) electrons. The van der Waals surface area contributed by atoms with Crippen LogP contribution in [0.1, 0.15) is 33.6 Å². The Morgan fingerprint density at radius 2 is 1.44 bits per heavy atom. The third kappa shape index (κ3) is 2.64. The average Bonchev–Trinajstić information content (AvgIpc) is 2.37. The first kappa shape index (κ1) is 14.9. The van der Waals surface area contributed by atoms with Crippen molar-refractivity contribution >= 4 is 0 Å². The summed E-state index contributed by atoms with van der Waals surface area (Å²) in [4.78, 5) is 6.63. The SMILES string of the molecule is CCC1N(C)C(C)N(CC#N)C(CC)N1CC#N. The van der Waals surface area contributed by atoms with Crippen LogP contribution in [0.15, 0.2) is 0 Å². The van der Waals surface area contributed by atoms with Crippen molar-refractivity contribution in [3.05, 3.63) is 0 Å². The van der Waals surface area contributed by atoms with Crippen molar-refractivity contribution in [2.24, 2.45) is 0 Å². The fourth-order valence-electron chi connectivity index (χ4n) is 2.96. The second-order valence-corrected chi connectivity index (χ2v) is 4.74.